The minimum absolute atomic E-state index is 0.0275. The molecule has 7 nitrogen and oxygen atoms in total. The lowest BCUT2D eigenvalue weighted by atomic mass is 10.1. The van der Waals surface area contributed by atoms with E-state index in [1.807, 2.05) is 27.7 Å². The molecular weight excluding hydrogens is 298 g/mol. The Morgan fingerprint density at radius 2 is 1.52 bits per heavy atom. The van der Waals surface area contributed by atoms with Crippen LogP contribution in [0.15, 0.2) is 0 Å². The normalized spacial score (nSPS) is 10.7. The summed E-state index contributed by atoms with van der Waals surface area (Å²) in [6.45, 7) is 9.56. The Balaban J connectivity index is 3.44. The van der Waals surface area contributed by atoms with Crippen LogP contribution in [0.5, 0.6) is 0 Å². The highest BCUT2D eigenvalue weighted by atomic mass is 16.5. The van der Waals surface area contributed by atoms with Crippen LogP contribution in [-0.2, 0) is 19.1 Å². The molecule has 0 radical (unpaired) electrons. The zero-order valence-electron chi connectivity index (χ0n) is 14.7. The molecule has 134 valence electrons. The monoisotopic (exact) mass is 329 g/mol. The number of hydrogen-bond donors (Lipinski definition) is 3. The average molecular weight is 329 g/mol. The summed E-state index contributed by atoms with van der Waals surface area (Å²) in [7, 11) is 0. The Morgan fingerprint density at radius 1 is 0.870 bits per heavy atom. The molecule has 0 saturated heterocycles. The van der Waals surface area contributed by atoms with E-state index in [1.165, 1.54) is 0 Å². The van der Waals surface area contributed by atoms with Crippen molar-refractivity contribution in [3.63, 3.8) is 0 Å². The zero-order valence-corrected chi connectivity index (χ0v) is 14.7. The average Bonchev–Trinajstić information content (AvgIpc) is 2.39. The standard InChI is InChI=1S/C16H31N3O4/c1-12(2)10-14(20)17-6-5-8-23-9-7-18-15(21)11-16(22)19-13(3)4/h12-13H,5-11H2,1-4H3,(H,17,20)(H,18,21)(H,19,22). The third kappa shape index (κ3) is 15.1. The van der Waals surface area contributed by atoms with Crippen molar-refractivity contribution < 1.29 is 19.1 Å². The molecule has 0 saturated carbocycles. The molecule has 0 heterocycles. The van der Waals surface area contributed by atoms with Gasteiger partial charge in [-0.1, -0.05) is 13.8 Å². The second-order valence-corrected chi connectivity index (χ2v) is 6.16. The van der Waals surface area contributed by atoms with E-state index in [0.717, 1.165) is 6.42 Å². The predicted octanol–water partition coefficient (Wildman–Crippen LogP) is 0.586. The van der Waals surface area contributed by atoms with E-state index in [0.29, 0.717) is 38.6 Å². The first-order chi connectivity index (χ1) is 10.8. The van der Waals surface area contributed by atoms with Gasteiger partial charge in [-0.3, -0.25) is 14.4 Å². The molecular formula is C16H31N3O4. The van der Waals surface area contributed by atoms with Crippen LogP contribution in [0.1, 0.15) is 47.0 Å². The molecule has 0 aromatic carbocycles. The van der Waals surface area contributed by atoms with Crippen molar-refractivity contribution in [1.29, 1.82) is 0 Å². The van der Waals surface area contributed by atoms with Crippen molar-refractivity contribution in [2.75, 3.05) is 26.3 Å². The van der Waals surface area contributed by atoms with Crippen molar-refractivity contribution in [1.82, 2.24) is 16.0 Å². The van der Waals surface area contributed by atoms with Crippen molar-refractivity contribution in [3.8, 4) is 0 Å². The SMILES string of the molecule is CC(C)CC(=O)NCCCOCCNC(=O)CC(=O)NC(C)C. The zero-order chi connectivity index (χ0) is 17.7. The molecule has 0 spiro atoms. The van der Waals surface area contributed by atoms with Crippen molar-refractivity contribution in [3.05, 3.63) is 0 Å². The van der Waals surface area contributed by atoms with Gasteiger partial charge in [-0.2, -0.15) is 0 Å². The lowest BCUT2D eigenvalue weighted by Gasteiger charge is -2.09. The topological polar surface area (TPSA) is 96.5 Å². The maximum absolute atomic E-state index is 11.5. The van der Waals surface area contributed by atoms with Gasteiger partial charge in [-0.05, 0) is 26.2 Å². The quantitative estimate of drug-likeness (QED) is 0.360. The summed E-state index contributed by atoms with van der Waals surface area (Å²) in [6, 6.07) is 0.0275. The number of carbonyl (C=O) groups is 3. The molecule has 0 atom stereocenters. The molecule has 0 aliphatic heterocycles. The smallest absolute Gasteiger partial charge is 0.229 e. The molecule has 0 fully saturated rings. The summed E-state index contributed by atoms with van der Waals surface area (Å²) in [6.07, 6.45) is 1.10. The molecule has 0 aromatic rings. The molecule has 0 unspecified atom stereocenters. The Morgan fingerprint density at radius 3 is 2.13 bits per heavy atom. The number of nitrogens with one attached hydrogen (secondary N) is 3. The van der Waals surface area contributed by atoms with E-state index in [2.05, 4.69) is 16.0 Å². The number of hydrogen-bond acceptors (Lipinski definition) is 4. The van der Waals surface area contributed by atoms with Crippen LogP contribution >= 0.6 is 0 Å². The van der Waals surface area contributed by atoms with E-state index >= 15 is 0 Å². The Bertz CT molecular complexity index is 370. The second kappa shape index (κ2) is 12.9. The van der Waals surface area contributed by atoms with Gasteiger partial charge < -0.3 is 20.7 Å². The summed E-state index contributed by atoms with van der Waals surface area (Å²) >= 11 is 0. The van der Waals surface area contributed by atoms with Crippen LogP contribution in [0, 0.1) is 5.92 Å². The molecule has 0 aliphatic carbocycles. The molecule has 0 rings (SSSR count). The van der Waals surface area contributed by atoms with Crippen LogP contribution in [-0.4, -0.2) is 50.1 Å². The van der Waals surface area contributed by atoms with Gasteiger partial charge in [-0.15, -0.1) is 0 Å². The summed E-state index contributed by atoms with van der Waals surface area (Å²) in [5.74, 6) is -0.173. The van der Waals surface area contributed by atoms with Gasteiger partial charge in [0.1, 0.15) is 6.42 Å². The molecule has 0 aromatic heterocycles. The molecule has 7 heteroatoms. The maximum atomic E-state index is 11.5. The van der Waals surface area contributed by atoms with Crippen molar-refractivity contribution in [2.24, 2.45) is 5.92 Å². The summed E-state index contributed by atoms with van der Waals surface area (Å²) < 4.78 is 5.35. The maximum Gasteiger partial charge on any atom is 0.229 e. The second-order valence-electron chi connectivity index (χ2n) is 6.16. The van der Waals surface area contributed by atoms with E-state index in [9.17, 15) is 14.4 Å². The highest BCUT2D eigenvalue weighted by Gasteiger charge is 2.09. The van der Waals surface area contributed by atoms with Gasteiger partial charge in [0.25, 0.3) is 0 Å². The first kappa shape index (κ1) is 21.4. The van der Waals surface area contributed by atoms with E-state index in [4.69, 9.17) is 4.74 Å². The minimum Gasteiger partial charge on any atom is -0.380 e. The predicted molar refractivity (Wildman–Crippen MR) is 88.8 cm³/mol. The van der Waals surface area contributed by atoms with Crippen LogP contribution < -0.4 is 16.0 Å². The van der Waals surface area contributed by atoms with E-state index in [1.54, 1.807) is 0 Å². The Labute approximate surface area is 138 Å². The first-order valence-electron chi connectivity index (χ1n) is 8.21. The van der Waals surface area contributed by atoms with Gasteiger partial charge in [0.15, 0.2) is 0 Å². The molecule has 23 heavy (non-hydrogen) atoms. The fourth-order valence-corrected chi connectivity index (χ4v) is 1.79. The molecule has 0 bridgehead atoms. The fourth-order valence-electron chi connectivity index (χ4n) is 1.79. The minimum atomic E-state index is -0.312. The third-order valence-corrected chi connectivity index (χ3v) is 2.72. The molecule has 0 aliphatic rings. The van der Waals surface area contributed by atoms with Crippen LogP contribution in [0.4, 0.5) is 0 Å². The van der Waals surface area contributed by atoms with E-state index in [-0.39, 0.29) is 30.2 Å². The lowest BCUT2D eigenvalue weighted by molar-refractivity contribution is -0.129. The number of ether oxygens (including phenoxy) is 1. The van der Waals surface area contributed by atoms with Crippen molar-refractivity contribution >= 4 is 17.7 Å². The van der Waals surface area contributed by atoms with Crippen molar-refractivity contribution in [2.45, 2.75) is 53.0 Å². The van der Waals surface area contributed by atoms with Gasteiger partial charge in [0.05, 0.1) is 6.61 Å². The van der Waals surface area contributed by atoms with Gasteiger partial charge >= 0.3 is 0 Å². The number of amides is 3. The first-order valence-corrected chi connectivity index (χ1v) is 8.21. The number of carbonyl (C=O) groups excluding carboxylic acids is 3. The van der Waals surface area contributed by atoms with E-state index < -0.39 is 0 Å². The van der Waals surface area contributed by atoms with Crippen LogP contribution in [0.3, 0.4) is 0 Å². The number of rotatable bonds is 12. The van der Waals surface area contributed by atoms with Crippen LogP contribution in [0.2, 0.25) is 0 Å². The summed E-state index contributed by atoms with van der Waals surface area (Å²) in [5, 5.41) is 8.10. The van der Waals surface area contributed by atoms with Gasteiger partial charge in [0, 0.05) is 32.2 Å². The molecule has 3 N–H and O–H groups in total. The lowest BCUT2D eigenvalue weighted by Crippen LogP contribution is -2.36. The Hall–Kier alpha value is -1.63. The highest BCUT2D eigenvalue weighted by Crippen LogP contribution is 1.97. The highest BCUT2D eigenvalue weighted by molar-refractivity contribution is 5.96. The fraction of sp³-hybridized carbons (Fsp3) is 0.812. The van der Waals surface area contributed by atoms with Crippen LogP contribution in [0.25, 0.3) is 0 Å². The third-order valence-electron chi connectivity index (χ3n) is 2.72. The Kier molecular flexibility index (Phi) is 12.0. The largest absolute Gasteiger partial charge is 0.380 e. The summed E-state index contributed by atoms with van der Waals surface area (Å²) in [4.78, 5) is 34.2. The van der Waals surface area contributed by atoms with Gasteiger partial charge in [-0.25, -0.2) is 0 Å². The van der Waals surface area contributed by atoms with Gasteiger partial charge in [0.2, 0.25) is 17.7 Å². The summed E-state index contributed by atoms with van der Waals surface area (Å²) in [5.41, 5.74) is 0. The molecule has 3 amide bonds.